The first kappa shape index (κ1) is 20.6. The van der Waals surface area contributed by atoms with Gasteiger partial charge in [-0.15, -0.1) is 0 Å². The van der Waals surface area contributed by atoms with Gasteiger partial charge in [-0.3, -0.25) is 18.7 Å². The highest BCUT2D eigenvalue weighted by atomic mass is 32.3. The smallest absolute Gasteiger partial charge is 0.260 e. The van der Waals surface area contributed by atoms with Crippen LogP contribution in [-0.2, 0) is 16.1 Å². The van der Waals surface area contributed by atoms with Crippen LogP contribution in [0.25, 0.3) is 0 Å². The van der Waals surface area contributed by atoms with E-state index in [9.17, 15) is 28.2 Å². The first-order valence-corrected chi connectivity index (χ1v) is 10.5. The average Bonchev–Trinajstić information content (AvgIpc) is 2.91. The molecule has 1 aromatic rings. The molecule has 1 aromatic carbocycles. The Bertz CT molecular complexity index is 747. The second-order valence-corrected chi connectivity index (χ2v) is 8.75. The lowest BCUT2D eigenvalue weighted by atomic mass is 9.85. The minimum Gasteiger partial charge on any atom is -0.506 e. The Kier molecular flexibility index (Phi) is 5.98. The quantitative estimate of drug-likeness (QED) is 0.428. The van der Waals surface area contributed by atoms with E-state index in [1.54, 1.807) is 7.05 Å². The molecule has 9 nitrogen and oxygen atoms in total. The molecule has 1 saturated carbocycles. The van der Waals surface area contributed by atoms with E-state index >= 15 is 0 Å². The third-order valence-electron chi connectivity index (χ3n) is 5.14. The van der Waals surface area contributed by atoms with Gasteiger partial charge < -0.3 is 15.7 Å². The summed E-state index contributed by atoms with van der Waals surface area (Å²) in [5, 5.41) is 16.2. The number of phenols is 1. The molecule has 156 valence electrons. The molecule has 28 heavy (non-hydrogen) atoms. The van der Waals surface area contributed by atoms with Gasteiger partial charge in [-0.2, -0.15) is 0 Å². The number of nitrogens with one attached hydrogen (secondary N) is 3. The van der Waals surface area contributed by atoms with Gasteiger partial charge in [0.25, 0.3) is 5.91 Å². The molecular formula is C17H25FN4O5S. The van der Waals surface area contributed by atoms with Crippen LogP contribution in [0.1, 0.15) is 31.2 Å². The van der Waals surface area contributed by atoms with Crippen LogP contribution in [0.4, 0.5) is 10.1 Å². The lowest BCUT2D eigenvalue weighted by Crippen LogP contribution is -2.37. The zero-order valence-electron chi connectivity index (χ0n) is 15.4. The first-order valence-electron chi connectivity index (χ1n) is 9.04. The van der Waals surface area contributed by atoms with Crippen LogP contribution >= 0.6 is 11.0 Å². The minimum atomic E-state index is -3.71. The SMILES string of the molecule is CNC(=O)C1CCC(NCc2cc(O)c(N3CC(=O)NS3(O)O)c(F)c2)CC1. The average molecular weight is 416 g/mol. The monoisotopic (exact) mass is 416 g/mol. The summed E-state index contributed by atoms with van der Waals surface area (Å²) in [6.45, 7) is -0.146. The summed E-state index contributed by atoms with van der Waals surface area (Å²) in [7, 11) is -2.08. The van der Waals surface area contributed by atoms with E-state index in [1.807, 2.05) is 4.72 Å². The molecule has 2 aliphatic rings. The Balaban J connectivity index is 1.62. The Morgan fingerprint density at radius 3 is 2.54 bits per heavy atom. The molecule has 1 aliphatic heterocycles. The standard InChI is InChI=1S/C17H25FN4O5S/c1-19-17(25)11-2-4-12(5-3-11)20-8-10-6-13(18)16(14(23)7-10)22-9-15(24)21-28(22,26)27/h6-7,11-12,20,23,26-27H,2-5,8-9H2,1H3,(H,19,25)(H,21,24). The molecular weight excluding hydrogens is 391 g/mol. The summed E-state index contributed by atoms with van der Waals surface area (Å²) in [6, 6.07) is 2.72. The van der Waals surface area contributed by atoms with Gasteiger partial charge in [0.2, 0.25) is 5.91 Å². The fourth-order valence-electron chi connectivity index (χ4n) is 3.68. The Morgan fingerprint density at radius 2 is 2.00 bits per heavy atom. The van der Waals surface area contributed by atoms with Crippen LogP contribution in [-0.4, -0.2) is 45.7 Å². The second-order valence-electron chi connectivity index (χ2n) is 7.07. The van der Waals surface area contributed by atoms with Crippen molar-refractivity contribution >= 4 is 28.5 Å². The number of rotatable bonds is 5. The van der Waals surface area contributed by atoms with Gasteiger partial charge in [0.05, 0.1) is 0 Å². The van der Waals surface area contributed by atoms with Crippen molar-refractivity contribution < 1.29 is 28.2 Å². The molecule has 3 rings (SSSR count). The zero-order chi connectivity index (χ0) is 20.5. The number of amides is 2. The van der Waals surface area contributed by atoms with Gasteiger partial charge in [0.1, 0.15) is 18.0 Å². The van der Waals surface area contributed by atoms with Crippen molar-refractivity contribution in [1.82, 2.24) is 15.4 Å². The van der Waals surface area contributed by atoms with Gasteiger partial charge in [-0.05, 0) is 54.3 Å². The van der Waals surface area contributed by atoms with Gasteiger partial charge in [0, 0.05) is 25.6 Å². The summed E-state index contributed by atoms with van der Waals surface area (Å²) in [5.74, 6) is -1.91. The maximum Gasteiger partial charge on any atom is 0.260 e. The Morgan fingerprint density at radius 1 is 1.32 bits per heavy atom. The molecule has 0 radical (unpaired) electrons. The number of phenolic OH excluding ortho intramolecular Hbond substituents is 1. The number of nitrogens with zero attached hydrogens (tertiary/aromatic N) is 1. The normalized spacial score (nSPS) is 25.3. The zero-order valence-corrected chi connectivity index (χ0v) is 16.3. The number of benzene rings is 1. The van der Waals surface area contributed by atoms with Crippen LogP contribution < -0.4 is 19.7 Å². The molecule has 0 spiro atoms. The van der Waals surface area contributed by atoms with Crippen LogP contribution in [0.2, 0.25) is 0 Å². The molecule has 6 N–H and O–H groups in total. The second kappa shape index (κ2) is 8.11. The highest BCUT2D eigenvalue weighted by Gasteiger charge is 2.38. The highest BCUT2D eigenvalue weighted by molar-refractivity contribution is 8.24. The van der Waals surface area contributed by atoms with Crippen LogP contribution in [0.5, 0.6) is 5.75 Å². The van der Waals surface area contributed by atoms with E-state index in [2.05, 4.69) is 10.6 Å². The van der Waals surface area contributed by atoms with Crippen LogP contribution in [0.15, 0.2) is 12.1 Å². The van der Waals surface area contributed by atoms with E-state index in [4.69, 9.17) is 0 Å². The van der Waals surface area contributed by atoms with E-state index in [-0.39, 0.29) is 17.9 Å². The molecule has 11 heteroatoms. The number of hydrogen-bond acceptors (Lipinski definition) is 7. The predicted octanol–water partition coefficient (Wildman–Crippen LogP) is 1.44. The van der Waals surface area contributed by atoms with Crippen molar-refractivity contribution in [3.05, 3.63) is 23.5 Å². The molecule has 0 atom stereocenters. The number of hydrogen-bond donors (Lipinski definition) is 6. The first-order chi connectivity index (χ1) is 13.2. The minimum absolute atomic E-state index is 0.0281. The van der Waals surface area contributed by atoms with Gasteiger partial charge in [-0.1, -0.05) is 0 Å². The Hall–Kier alpha value is -2.08. The van der Waals surface area contributed by atoms with Crippen LogP contribution in [0.3, 0.4) is 0 Å². The molecule has 0 aromatic heterocycles. The summed E-state index contributed by atoms with van der Waals surface area (Å²) < 4.78 is 37.0. The lowest BCUT2D eigenvalue weighted by Gasteiger charge is -2.36. The lowest BCUT2D eigenvalue weighted by molar-refractivity contribution is -0.125. The summed E-state index contributed by atoms with van der Waals surface area (Å²) in [6.07, 6.45) is 3.22. The molecule has 2 amide bonds. The number of halogens is 1. The van der Waals surface area contributed by atoms with Gasteiger partial charge >= 0.3 is 0 Å². The largest absolute Gasteiger partial charge is 0.506 e. The fourth-order valence-corrected chi connectivity index (χ4v) is 4.89. The fraction of sp³-hybridized carbons (Fsp3) is 0.529. The number of anilines is 1. The number of aromatic hydroxyl groups is 1. The summed E-state index contributed by atoms with van der Waals surface area (Å²) >= 11 is 0. The molecule has 2 fully saturated rings. The number of carbonyl (C=O) groups is 2. The maximum absolute atomic E-state index is 14.6. The van der Waals surface area contributed by atoms with E-state index in [0.717, 1.165) is 30.0 Å². The van der Waals surface area contributed by atoms with Crippen molar-refractivity contribution in [2.75, 3.05) is 17.9 Å². The van der Waals surface area contributed by atoms with Gasteiger partial charge in [0.15, 0.2) is 5.82 Å². The van der Waals surface area contributed by atoms with E-state index in [1.165, 1.54) is 12.1 Å². The number of carbonyl (C=O) groups excluding carboxylic acids is 2. The van der Waals surface area contributed by atoms with Crippen molar-refractivity contribution in [2.45, 2.75) is 38.3 Å². The third kappa shape index (κ3) is 4.32. The van der Waals surface area contributed by atoms with Gasteiger partial charge in [-0.25, -0.2) is 13.4 Å². The highest BCUT2D eigenvalue weighted by Crippen LogP contribution is 2.49. The topological polar surface area (TPSA) is 134 Å². The molecule has 0 unspecified atom stereocenters. The molecule has 1 aliphatic carbocycles. The van der Waals surface area contributed by atoms with Crippen molar-refractivity contribution in [3.8, 4) is 5.75 Å². The van der Waals surface area contributed by atoms with Crippen LogP contribution in [0, 0.1) is 11.7 Å². The summed E-state index contributed by atoms with van der Waals surface area (Å²) in [4.78, 5) is 23.1. The third-order valence-corrected chi connectivity index (χ3v) is 6.56. The van der Waals surface area contributed by atoms with Crippen molar-refractivity contribution in [3.63, 3.8) is 0 Å². The molecule has 1 heterocycles. The summed E-state index contributed by atoms with van der Waals surface area (Å²) in [5.41, 5.74) is 0.0651. The van der Waals surface area contributed by atoms with Crippen molar-refractivity contribution in [1.29, 1.82) is 0 Å². The maximum atomic E-state index is 14.6. The van der Waals surface area contributed by atoms with Crippen molar-refractivity contribution in [2.24, 2.45) is 5.92 Å². The van der Waals surface area contributed by atoms with E-state index < -0.39 is 40.7 Å². The Labute approximate surface area is 163 Å². The van der Waals surface area contributed by atoms with E-state index in [0.29, 0.717) is 12.1 Å². The molecule has 1 saturated heterocycles. The predicted molar refractivity (Wildman–Crippen MR) is 103 cm³/mol. The molecule has 0 bridgehead atoms.